The Morgan fingerprint density at radius 1 is 1.24 bits per heavy atom. The number of sulfone groups is 1. The third-order valence-corrected chi connectivity index (χ3v) is 8.42. The minimum Gasteiger partial charge on any atom is -0.334 e. The number of benzene rings is 1. The molecule has 2 fully saturated rings. The fourth-order valence-electron chi connectivity index (χ4n) is 4.39. The second-order valence-electron chi connectivity index (χ2n) is 9.20. The van der Waals surface area contributed by atoms with Crippen molar-refractivity contribution in [2.75, 3.05) is 11.5 Å². The fourth-order valence-corrected chi connectivity index (χ4v) is 6.39. The molecule has 0 aromatic heterocycles. The van der Waals surface area contributed by atoms with Crippen LogP contribution in [0.1, 0.15) is 51.2 Å². The SMILES string of the molecule is CC(C)c1ccc(CN(C(=O)[C@H]2[C@H](C=C(Cl)Cl)C2(C)C)[C@H]2CCS(=O)(=O)C2)cc1. The number of carbonyl (C=O) groups excluding carboxylic acids is 1. The van der Waals surface area contributed by atoms with Crippen molar-refractivity contribution in [2.45, 2.75) is 52.6 Å². The first-order chi connectivity index (χ1) is 13.4. The summed E-state index contributed by atoms with van der Waals surface area (Å²) >= 11 is 11.7. The molecule has 4 nitrogen and oxygen atoms in total. The van der Waals surface area contributed by atoms with E-state index in [1.807, 2.05) is 26.0 Å². The highest BCUT2D eigenvalue weighted by atomic mass is 35.5. The quantitative estimate of drug-likeness (QED) is 0.608. The van der Waals surface area contributed by atoms with Crippen LogP contribution in [0, 0.1) is 17.3 Å². The Labute approximate surface area is 184 Å². The van der Waals surface area contributed by atoms with Crippen molar-refractivity contribution in [1.29, 1.82) is 0 Å². The lowest BCUT2D eigenvalue weighted by molar-refractivity contribution is -0.136. The van der Waals surface area contributed by atoms with Crippen molar-refractivity contribution < 1.29 is 13.2 Å². The predicted molar refractivity (Wildman–Crippen MR) is 119 cm³/mol. The Bertz CT molecular complexity index is 902. The van der Waals surface area contributed by atoms with Crippen LogP contribution in [-0.2, 0) is 21.2 Å². The summed E-state index contributed by atoms with van der Waals surface area (Å²) in [5.41, 5.74) is 2.00. The molecule has 1 aromatic carbocycles. The number of halogens is 2. The molecule has 1 saturated carbocycles. The summed E-state index contributed by atoms with van der Waals surface area (Å²) in [6.45, 7) is 8.73. The van der Waals surface area contributed by atoms with Gasteiger partial charge in [0.25, 0.3) is 0 Å². The Morgan fingerprint density at radius 3 is 2.34 bits per heavy atom. The largest absolute Gasteiger partial charge is 0.334 e. The first-order valence-electron chi connectivity index (χ1n) is 10.0. The van der Waals surface area contributed by atoms with Crippen LogP contribution in [-0.4, -0.2) is 36.8 Å². The van der Waals surface area contributed by atoms with Crippen LogP contribution >= 0.6 is 23.2 Å². The van der Waals surface area contributed by atoms with Gasteiger partial charge < -0.3 is 4.90 Å². The average molecular weight is 458 g/mol. The van der Waals surface area contributed by atoms with E-state index in [0.29, 0.717) is 18.9 Å². The molecule has 0 unspecified atom stereocenters. The van der Waals surface area contributed by atoms with E-state index in [9.17, 15) is 13.2 Å². The van der Waals surface area contributed by atoms with Crippen LogP contribution in [0.25, 0.3) is 0 Å². The molecule has 1 amide bonds. The number of carbonyl (C=O) groups is 1. The van der Waals surface area contributed by atoms with Crippen LogP contribution < -0.4 is 0 Å². The lowest BCUT2D eigenvalue weighted by Crippen LogP contribution is -2.42. The van der Waals surface area contributed by atoms with Crippen LogP contribution in [0.2, 0.25) is 0 Å². The maximum Gasteiger partial charge on any atom is 0.227 e. The molecule has 29 heavy (non-hydrogen) atoms. The summed E-state index contributed by atoms with van der Waals surface area (Å²) in [5.74, 6) is 0.311. The van der Waals surface area contributed by atoms with Gasteiger partial charge in [-0.25, -0.2) is 8.42 Å². The van der Waals surface area contributed by atoms with Gasteiger partial charge in [-0.05, 0) is 40.9 Å². The maximum atomic E-state index is 13.5. The van der Waals surface area contributed by atoms with E-state index in [4.69, 9.17) is 23.2 Å². The first kappa shape index (κ1) is 22.6. The minimum absolute atomic E-state index is 0.0131. The highest BCUT2D eigenvalue weighted by Gasteiger charge is 2.62. The van der Waals surface area contributed by atoms with Crippen molar-refractivity contribution in [3.8, 4) is 0 Å². The summed E-state index contributed by atoms with van der Waals surface area (Å²) in [6.07, 6.45) is 2.22. The topological polar surface area (TPSA) is 54.5 Å². The number of allylic oxidation sites excluding steroid dienone is 1. The van der Waals surface area contributed by atoms with Crippen molar-refractivity contribution >= 4 is 38.9 Å². The van der Waals surface area contributed by atoms with Crippen molar-refractivity contribution in [1.82, 2.24) is 4.90 Å². The van der Waals surface area contributed by atoms with E-state index < -0.39 is 9.84 Å². The van der Waals surface area contributed by atoms with E-state index in [0.717, 1.165) is 5.56 Å². The fraction of sp³-hybridized carbons (Fsp3) is 0.591. The molecule has 2 aliphatic rings. The lowest BCUT2D eigenvalue weighted by Gasteiger charge is -2.29. The van der Waals surface area contributed by atoms with E-state index in [1.54, 1.807) is 11.0 Å². The molecule has 160 valence electrons. The van der Waals surface area contributed by atoms with Gasteiger partial charge in [-0.3, -0.25) is 4.79 Å². The van der Waals surface area contributed by atoms with Crippen LogP contribution in [0.4, 0.5) is 0 Å². The predicted octanol–water partition coefficient (Wildman–Crippen LogP) is 4.92. The average Bonchev–Trinajstić information content (AvgIpc) is 2.94. The zero-order valence-corrected chi connectivity index (χ0v) is 19.7. The summed E-state index contributed by atoms with van der Waals surface area (Å²) in [4.78, 5) is 15.3. The van der Waals surface area contributed by atoms with Gasteiger partial charge in [-0.15, -0.1) is 0 Å². The van der Waals surface area contributed by atoms with Gasteiger partial charge in [-0.2, -0.15) is 0 Å². The molecule has 7 heteroatoms. The highest BCUT2D eigenvalue weighted by Crippen LogP contribution is 2.60. The zero-order chi connectivity index (χ0) is 21.6. The third-order valence-electron chi connectivity index (χ3n) is 6.41. The molecule has 1 saturated heterocycles. The molecule has 0 spiro atoms. The summed E-state index contributed by atoms with van der Waals surface area (Å²) in [7, 11) is -3.10. The van der Waals surface area contributed by atoms with E-state index >= 15 is 0 Å². The Hall–Kier alpha value is -1.04. The highest BCUT2D eigenvalue weighted by molar-refractivity contribution is 7.91. The zero-order valence-electron chi connectivity index (χ0n) is 17.4. The van der Waals surface area contributed by atoms with Gasteiger partial charge in [-0.1, -0.05) is 75.2 Å². The molecular weight excluding hydrogens is 429 g/mol. The van der Waals surface area contributed by atoms with E-state index in [2.05, 4.69) is 26.0 Å². The van der Waals surface area contributed by atoms with Crippen LogP contribution in [0.15, 0.2) is 34.8 Å². The van der Waals surface area contributed by atoms with Crippen molar-refractivity contribution in [2.24, 2.45) is 17.3 Å². The van der Waals surface area contributed by atoms with Gasteiger partial charge in [0.1, 0.15) is 4.49 Å². The third kappa shape index (κ3) is 5.00. The monoisotopic (exact) mass is 457 g/mol. The summed E-state index contributed by atoms with van der Waals surface area (Å²) in [6, 6.07) is 7.93. The number of rotatable bonds is 6. The number of hydrogen-bond donors (Lipinski definition) is 0. The summed E-state index contributed by atoms with van der Waals surface area (Å²) < 4.78 is 24.3. The Morgan fingerprint density at radius 2 is 1.86 bits per heavy atom. The summed E-state index contributed by atoms with van der Waals surface area (Å²) in [5, 5.41) is 0. The molecule has 0 N–H and O–H groups in total. The van der Waals surface area contributed by atoms with Crippen molar-refractivity contribution in [3.63, 3.8) is 0 Å². The number of amides is 1. The molecule has 1 aliphatic carbocycles. The van der Waals surface area contributed by atoms with E-state index in [-0.39, 0.29) is 45.2 Å². The minimum atomic E-state index is -3.10. The second-order valence-corrected chi connectivity index (χ2v) is 12.4. The molecule has 1 aliphatic heterocycles. The second kappa shape index (κ2) is 8.24. The van der Waals surface area contributed by atoms with Gasteiger partial charge in [0.05, 0.1) is 17.4 Å². The van der Waals surface area contributed by atoms with Gasteiger partial charge >= 0.3 is 0 Å². The van der Waals surface area contributed by atoms with Crippen molar-refractivity contribution in [3.05, 3.63) is 46.0 Å². The maximum absolute atomic E-state index is 13.5. The number of hydrogen-bond acceptors (Lipinski definition) is 3. The first-order valence-corrected chi connectivity index (χ1v) is 12.6. The molecule has 1 heterocycles. The lowest BCUT2D eigenvalue weighted by atomic mass is 10.0. The van der Waals surface area contributed by atoms with Gasteiger partial charge in [0.2, 0.25) is 5.91 Å². The van der Waals surface area contributed by atoms with Crippen LogP contribution in [0.3, 0.4) is 0 Å². The normalized spacial score (nSPS) is 26.9. The van der Waals surface area contributed by atoms with Gasteiger partial charge in [0.15, 0.2) is 9.84 Å². The van der Waals surface area contributed by atoms with Gasteiger partial charge in [0, 0.05) is 12.6 Å². The van der Waals surface area contributed by atoms with Crippen LogP contribution in [0.5, 0.6) is 0 Å². The molecule has 1 aromatic rings. The van der Waals surface area contributed by atoms with E-state index in [1.165, 1.54) is 5.56 Å². The number of nitrogens with zero attached hydrogens (tertiary/aromatic N) is 1. The molecular formula is C22H29Cl2NO3S. The molecule has 0 radical (unpaired) electrons. The molecule has 3 rings (SSSR count). The Kier molecular flexibility index (Phi) is 6.43. The standard InChI is InChI=1S/C22H29Cl2NO3S/c1-14(2)16-7-5-15(6-8-16)12-25(17-9-10-29(27,28)13-17)21(26)20-18(11-19(23)24)22(20,3)4/h5-8,11,14,17-18,20H,9-10,12-13H2,1-4H3/t17-,18-,20+/m0/s1. The Balaban J connectivity index is 1.86. The smallest absolute Gasteiger partial charge is 0.227 e. The molecule has 0 bridgehead atoms. The molecule has 3 atom stereocenters.